The molecule has 0 aromatic heterocycles. The highest BCUT2D eigenvalue weighted by Crippen LogP contribution is 2.42. The minimum atomic E-state index is -1.66. The molecule has 0 aliphatic heterocycles. The van der Waals surface area contributed by atoms with E-state index in [4.69, 9.17) is 4.43 Å². The Hall–Kier alpha value is -0.603. The van der Waals surface area contributed by atoms with Gasteiger partial charge in [-0.15, -0.1) is 0 Å². The number of hydrogen-bond donors (Lipinski definition) is 0. The summed E-state index contributed by atoms with van der Waals surface area (Å²) in [5.41, 5.74) is 2.93. The van der Waals surface area contributed by atoms with Gasteiger partial charge in [0.15, 0.2) is 8.32 Å². The molecular formula is C16H26OSi. The van der Waals surface area contributed by atoms with Crippen molar-refractivity contribution in [2.24, 2.45) is 0 Å². The van der Waals surface area contributed by atoms with Gasteiger partial charge in [-0.05, 0) is 48.5 Å². The van der Waals surface area contributed by atoms with E-state index in [9.17, 15) is 0 Å². The summed E-state index contributed by atoms with van der Waals surface area (Å²) in [6.45, 7) is 11.6. The van der Waals surface area contributed by atoms with Crippen LogP contribution in [0.3, 0.4) is 0 Å². The van der Waals surface area contributed by atoms with Gasteiger partial charge in [-0.2, -0.15) is 0 Å². The predicted octanol–water partition coefficient (Wildman–Crippen LogP) is 5.09. The number of fused-ring (bicyclic) bond motifs is 1. The maximum atomic E-state index is 6.61. The molecule has 0 fully saturated rings. The Bertz CT molecular complexity index is 417. The quantitative estimate of drug-likeness (QED) is 0.675. The van der Waals surface area contributed by atoms with Crippen LogP contribution in [0.1, 0.15) is 50.8 Å². The summed E-state index contributed by atoms with van der Waals surface area (Å²) >= 11 is 0. The summed E-state index contributed by atoms with van der Waals surface area (Å²) in [4.78, 5) is 0. The topological polar surface area (TPSA) is 9.23 Å². The van der Waals surface area contributed by atoms with Crippen LogP contribution in [0.4, 0.5) is 0 Å². The van der Waals surface area contributed by atoms with Gasteiger partial charge in [-0.25, -0.2) is 0 Å². The highest BCUT2D eigenvalue weighted by Gasteiger charge is 2.40. The van der Waals surface area contributed by atoms with Gasteiger partial charge in [0.1, 0.15) is 0 Å². The number of rotatable bonds is 2. The summed E-state index contributed by atoms with van der Waals surface area (Å²) in [7, 11) is -1.66. The van der Waals surface area contributed by atoms with E-state index in [0.717, 1.165) is 0 Å². The van der Waals surface area contributed by atoms with Crippen LogP contribution in [-0.2, 0) is 10.8 Å². The lowest BCUT2D eigenvalue weighted by Crippen LogP contribution is -2.42. The molecule has 0 saturated carbocycles. The molecule has 0 N–H and O–H groups in total. The fourth-order valence-electron chi connectivity index (χ4n) is 2.36. The second-order valence-electron chi connectivity index (χ2n) is 6.96. The van der Waals surface area contributed by atoms with Crippen molar-refractivity contribution >= 4 is 8.32 Å². The maximum Gasteiger partial charge on any atom is 0.192 e. The molecule has 0 spiro atoms. The zero-order chi connectivity index (χ0) is 13.4. The minimum Gasteiger partial charge on any atom is -0.410 e. The van der Waals surface area contributed by atoms with Gasteiger partial charge in [-0.3, -0.25) is 0 Å². The Kier molecular flexibility index (Phi) is 3.70. The third-order valence-electron chi connectivity index (χ3n) is 4.56. The molecule has 2 rings (SSSR count). The molecule has 1 atom stereocenters. The molecule has 0 radical (unpaired) electrons. The molecule has 1 aliphatic rings. The van der Waals surface area contributed by atoms with Crippen molar-refractivity contribution in [1.82, 2.24) is 0 Å². The van der Waals surface area contributed by atoms with E-state index < -0.39 is 8.32 Å². The van der Waals surface area contributed by atoms with Crippen molar-refractivity contribution in [3.63, 3.8) is 0 Å². The summed E-state index contributed by atoms with van der Waals surface area (Å²) in [5.74, 6) is 0. The largest absolute Gasteiger partial charge is 0.410 e. The second-order valence-corrected chi connectivity index (χ2v) is 11.7. The molecular weight excluding hydrogens is 236 g/mol. The molecule has 1 aromatic carbocycles. The first kappa shape index (κ1) is 13.8. The number of aryl methyl sites for hydroxylation is 1. The summed E-state index contributed by atoms with van der Waals surface area (Å²) < 4.78 is 6.61. The molecule has 18 heavy (non-hydrogen) atoms. The first-order valence-corrected chi connectivity index (χ1v) is 9.98. The van der Waals surface area contributed by atoms with E-state index in [-0.39, 0.29) is 0 Å². The lowest BCUT2D eigenvalue weighted by molar-refractivity contribution is 0.163. The fraction of sp³-hybridized carbons (Fsp3) is 0.625. The SMILES string of the molecule is CC(C)(C)[Si](C)(C)O[C@@H]1CCCc2ccccc21. The molecule has 0 heterocycles. The summed E-state index contributed by atoms with van der Waals surface area (Å²) in [6, 6.07) is 8.81. The van der Waals surface area contributed by atoms with Gasteiger partial charge in [0.05, 0.1) is 6.10 Å². The minimum absolute atomic E-state index is 0.291. The van der Waals surface area contributed by atoms with E-state index >= 15 is 0 Å². The third kappa shape index (κ3) is 2.70. The van der Waals surface area contributed by atoms with Gasteiger partial charge < -0.3 is 4.43 Å². The average Bonchev–Trinajstić information content (AvgIpc) is 2.27. The van der Waals surface area contributed by atoms with Crippen LogP contribution < -0.4 is 0 Å². The van der Waals surface area contributed by atoms with E-state index in [1.54, 1.807) is 0 Å². The summed E-state index contributed by atoms with van der Waals surface area (Å²) in [5, 5.41) is 0.291. The van der Waals surface area contributed by atoms with Gasteiger partial charge in [0.2, 0.25) is 0 Å². The average molecular weight is 262 g/mol. The predicted molar refractivity (Wildman–Crippen MR) is 80.4 cm³/mol. The zero-order valence-electron chi connectivity index (χ0n) is 12.4. The van der Waals surface area contributed by atoms with Gasteiger partial charge in [-0.1, -0.05) is 45.0 Å². The van der Waals surface area contributed by atoms with Crippen molar-refractivity contribution in [3.8, 4) is 0 Å². The van der Waals surface area contributed by atoms with Crippen molar-refractivity contribution in [2.75, 3.05) is 0 Å². The van der Waals surface area contributed by atoms with Crippen LogP contribution in [0.25, 0.3) is 0 Å². The van der Waals surface area contributed by atoms with Crippen LogP contribution in [0.5, 0.6) is 0 Å². The van der Waals surface area contributed by atoms with Crippen molar-refractivity contribution in [1.29, 1.82) is 0 Å². The smallest absolute Gasteiger partial charge is 0.192 e. The monoisotopic (exact) mass is 262 g/mol. The highest BCUT2D eigenvalue weighted by molar-refractivity contribution is 6.74. The Morgan fingerprint density at radius 3 is 2.50 bits per heavy atom. The van der Waals surface area contributed by atoms with E-state index in [1.165, 1.54) is 30.4 Å². The Balaban J connectivity index is 2.22. The van der Waals surface area contributed by atoms with Crippen molar-refractivity contribution in [2.45, 2.75) is 64.3 Å². The summed E-state index contributed by atoms with van der Waals surface area (Å²) in [6.07, 6.45) is 3.99. The molecule has 0 bridgehead atoms. The van der Waals surface area contributed by atoms with E-state index in [0.29, 0.717) is 11.1 Å². The van der Waals surface area contributed by atoms with Gasteiger partial charge in [0.25, 0.3) is 0 Å². The lowest BCUT2D eigenvalue weighted by atomic mass is 9.90. The molecule has 2 heteroatoms. The zero-order valence-corrected chi connectivity index (χ0v) is 13.4. The van der Waals surface area contributed by atoms with Crippen LogP contribution >= 0.6 is 0 Å². The van der Waals surface area contributed by atoms with Crippen LogP contribution in [0.15, 0.2) is 24.3 Å². The first-order valence-electron chi connectivity index (χ1n) is 7.07. The third-order valence-corrected chi connectivity index (χ3v) is 9.04. The number of hydrogen-bond acceptors (Lipinski definition) is 1. The Labute approximate surface area is 113 Å². The second kappa shape index (κ2) is 4.82. The maximum absolute atomic E-state index is 6.61. The van der Waals surface area contributed by atoms with Crippen molar-refractivity contribution < 1.29 is 4.43 Å². The van der Waals surface area contributed by atoms with E-state index in [2.05, 4.69) is 58.1 Å². The Morgan fingerprint density at radius 2 is 1.83 bits per heavy atom. The first-order chi connectivity index (χ1) is 8.31. The van der Waals surface area contributed by atoms with Crippen molar-refractivity contribution in [3.05, 3.63) is 35.4 Å². The molecule has 1 nitrogen and oxygen atoms in total. The molecule has 100 valence electrons. The molecule has 1 aromatic rings. The molecule has 1 aliphatic carbocycles. The standard InChI is InChI=1S/C16H26OSi/c1-16(2,3)18(4,5)17-15-12-8-10-13-9-6-7-11-14(13)15/h6-7,9,11,15H,8,10,12H2,1-5H3/t15-/m1/s1. The fourth-order valence-corrected chi connectivity index (χ4v) is 3.67. The normalized spacial score (nSPS) is 20.6. The van der Waals surface area contributed by atoms with E-state index in [1.807, 2.05) is 0 Å². The highest BCUT2D eigenvalue weighted by atomic mass is 28.4. The van der Waals surface area contributed by atoms with Crippen LogP contribution in [0.2, 0.25) is 18.1 Å². The molecule has 0 amide bonds. The number of benzene rings is 1. The lowest BCUT2D eigenvalue weighted by Gasteiger charge is -2.40. The molecule has 0 saturated heterocycles. The van der Waals surface area contributed by atoms with Crippen LogP contribution in [0, 0.1) is 0 Å². The van der Waals surface area contributed by atoms with Gasteiger partial charge >= 0.3 is 0 Å². The Morgan fingerprint density at radius 1 is 1.17 bits per heavy atom. The molecule has 0 unspecified atom stereocenters. The van der Waals surface area contributed by atoms with Gasteiger partial charge in [0, 0.05) is 0 Å². The van der Waals surface area contributed by atoms with Crippen LogP contribution in [-0.4, -0.2) is 8.32 Å².